The number of benzene rings is 2. The van der Waals surface area contributed by atoms with E-state index in [4.69, 9.17) is 9.47 Å². The van der Waals surface area contributed by atoms with Gasteiger partial charge in [0.25, 0.3) is 0 Å². The first-order valence-corrected chi connectivity index (χ1v) is 11.0. The number of carbonyl (C=O) groups is 2. The summed E-state index contributed by atoms with van der Waals surface area (Å²) in [6.07, 6.45) is 6.65. The van der Waals surface area contributed by atoms with E-state index in [1.165, 1.54) is 37.4 Å². The fourth-order valence-corrected chi connectivity index (χ4v) is 4.03. The molecule has 2 aliphatic rings. The lowest BCUT2D eigenvalue weighted by molar-refractivity contribution is -0.131. The number of anilines is 2. The maximum atomic E-state index is 11.6. The molecule has 0 fully saturated rings. The third-order valence-corrected chi connectivity index (χ3v) is 5.56. The van der Waals surface area contributed by atoms with Gasteiger partial charge in [0.2, 0.25) is 5.91 Å². The molecule has 1 amide bonds. The van der Waals surface area contributed by atoms with Gasteiger partial charge in [0.15, 0.2) is 0 Å². The minimum absolute atomic E-state index is 0.0541. The molecule has 4 rings (SSSR count). The van der Waals surface area contributed by atoms with Crippen molar-refractivity contribution in [1.82, 2.24) is 0 Å². The van der Waals surface area contributed by atoms with Crippen LogP contribution in [0.5, 0.6) is 11.5 Å². The van der Waals surface area contributed by atoms with Gasteiger partial charge in [-0.15, -0.1) is 0 Å². The van der Waals surface area contributed by atoms with Crippen LogP contribution in [0.3, 0.4) is 0 Å². The number of carbonyl (C=O) groups excluding carboxylic acids is 2. The number of nitrogens with one attached hydrogen (secondary N) is 1. The van der Waals surface area contributed by atoms with Crippen LogP contribution in [0.25, 0.3) is 0 Å². The number of ether oxygens (including phenoxy) is 2. The van der Waals surface area contributed by atoms with Crippen molar-refractivity contribution in [2.75, 3.05) is 30.4 Å². The number of amides is 1. The molecule has 0 saturated heterocycles. The highest BCUT2D eigenvalue weighted by atomic mass is 16.5. The van der Waals surface area contributed by atoms with Crippen LogP contribution in [0, 0.1) is 0 Å². The molecule has 2 aromatic rings. The van der Waals surface area contributed by atoms with Crippen LogP contribution in [0.15, 0.2) is 36.4 Å². The van der Waals surface area contributed by atoms with Crippen LogP contribution < -0.4 is 19.7 Å². The van der Waals surface area contributed by atoms with Crippen LogP contribution in [0.2, 0.25) is 0 Å². The Balaban J connectivity index is 0.000000185. The molecule has 2 aliphatic heterocycles. The molecule has 0 aromatic heterocycles. The Bertz CT molecular complexity index is 926. The lowest BCUT2D eigenvalue weighted by Crippen LogP contribution is -2.29. The van der Waals surface area contributed by atoms with Crippen LogP contribution in [-0.4, -0.2) is 32.1 Å². The van der Waals surface area contributed by atoms with Crippen molar-refractivity contribution in [2.24, 2.45) is 0 Å². The predicted molar refractivity (Wildman–Crippen MR) is 123 cm³/mol. The minimum Gasteiger partial charge on any atom is -0.497 e. The predicted octanol–water partition coefficient (Wildman–Crippen LogP) is 4.74. The van der Waals surface area contributed by atoms with Crippen molar-refractivity contribution in [3.63, 3.8) is 0 Å². The number of hydrogen-bond acceptors (Lipinski definition) is 5. The number of esters is 1. The van der Waals surface area contributed by atoms with Crippen molar-refractivity contribution in [2.45, 2.75) is 52.4 Å². The molecule has 0 bridgehead atoms. The third kappa shape index (κ3) is 6.23. The SMILES string of the molecule is CC(=O)Oc1ccc2c(c1)CCCCN2C(C)=O.COc1ccc2c(c1)CCCCN2. The van der Waals surface area contributed by atoms with E-state index in [1.807, 2.05) is 18.2 Å². The Labute approximate surface area is 184 Å². The van der Waals surface area contributed by atoms with Gasteiger partial charge in [-0.1, -0.05) is 0 Å². The molecule has 2 heterocycles. The van der Waals surface area contributed by atoms with Gasteiger partial charge in [0, 0.05) is 38.3 Å². The van der Waals surface area contributed by atoms with Crippen molar-refractivity contribution >= 4 is 23.3 Å². The molecule has 6 heteroatoms. The van der Waals surface area contributed by atoms with E-state index in [0.717, 1.165) is 49.4 Å². The molecule has 6 nitrogen and oxygen atoms in total. The number of hydrogen-bond donors (Lipinski definition) is 1. The highest BCUT2D eigenvalue weighted by Gasteiger charge is 2.19. The Morgan fingerprint density at radius 3 is 2.35 bits per heavy atom. The van der Waals surface area contributed by atoms with Gasteiger partial charge in [0.05, 0.1) is 7.11 Å². The number of nitrogens with zero attached hydrogens (tertiary/aromatic N) is 1. The van der Waals surface area contributed by atoms with Gasteiger partial charge in [-0.25, -0.2) is 0 Å². The van der Waals surface area contributed by atoms with E-state index in [-0.39, 0.29) is 11.9 Å². The highest BCUT2D eigenvalue weighted by molar-refractivity contribution is 5.92. The van der Waals surface area contributed by atoms with E-state index in [2.05, 4.69) is 17.4 Å². The molecule has 0 unspecified atom stereocenters. The average molecular weight is 425 g/mol. The maximum Gasteiger partial charge on any atom is 0.308 e. The van der Waals surface area contributed by atoms with Crippen LogP contribution in [0.4, 0.5) is 11.4 Å². The number of rotatable bonds is 2. The molecule has 0 spiro atoms. The number of fused-ring (bicyclic) bond motifs is 2. The monoisotopic (exact) mass is 424 g/mol. The van der Waals surface area contributed by atoms with Crippen molar-refractivity contribution in [3.05, 3.63) is 47.5 Å². The van der Waals surface area contributed by atoms with E-state index >= 15 is 0 Å². The largest absolute Gasteiger partial charge is 0.497 e. The summed E-state index contributed by atoms with van der Waals surface area (Å²) >= 11 is 0. The molecule has 0 saturated carbocycles. The summed E-state index contributed by atoms with van der Waals surface area (Å²) in [5.74, 6) is 1.24. The summed E-state index contributed by atoms with van der Waals surface area (Å²) < 4.78 is 10.3. The molecule has 166 valence electrons. The third-order valence-electron chi connectivity index (χ3n) is 5.56. The van der Waals surface area contributed by atoms with Gasteiger partial charge in [-0.3, -0.25) is 9.59 Å². The normalized spacial score (nSPS) is 15.0. The molecule has 0 atom stereocenters. The highest BCUT2D eigenvalue weighted by Crippen LogP contribution is 2.30. The lowest BCUT2D eigenvalue weighted by atomic mass is 10.1. The summed E-state index contributed by atoms with van der Waals surface area (Å²) in [7, 11) is 1.71. The average Bonchev–Trinajstić information content (AvgIpc) is 3.11. The summed E-state index contributed by atoms with van der Waals surface area (Å²) in [6.45, 7) is 4.82. The molecule has 2 aromatic carbocycles. The standard InChI is InChI=1S/C14H17NO3.C11H15NO/c1-10(16)15-8-4-3-5-12-9-13(18-11(2)17)6-7-14(12)15;1-13-10-5-6-11-9(8-10)4-2-3-7-12-11/h6-7,9H,3-5,8H2,1-2H3;5-6,8,12H,2-4,7H2,1H3. The van der Waals surface area contributed by atoms with Crippen LogP contribution in [0.1, 0.15) is 50.7 Å². The zero-order chi connectivity index (χ0) is 22.2. The van der Waals surface area contributed by atoms with Crippen LogP contribution in [-0.2, 0) is 22.4 Å². The second-order valence-electron chi connectivity index (χ2n) is 7.92. The Kier molecular flexibility index (Phi) is 7.93. The Morgan fingerprint density at radius 1 is 0.903 bits per heavy atom. The lowest BCUT2D eigenvalue weighted by Gasteiger charge is -2.21. The first-order valence-electron chi connectivity index (χ1n) is 11.0. The molecular formula is C25H32N2O4. The summed E-state index contributed by atoms with van der Waals surface area (Å²) in [4.78, 5) is 24.3. The summed E-state index contributed by atoms with van der Waals surface area (Å²) in [5, 5.41) is 3.42. The Morgan fingerprint density at radius 2 is 1.61 bits per heavy atom. The molecule has 31 heavy (non-hydrogen) atoms. The number of methoxy groups -OCH3 is 1. The van der Waals surface area contributed by atoms with E-state index in [1.54, 1.807) is 25.0 Å². The minimum atomic E-state index is -0.327. The first-order chi connectivity index (χ1) is 15.0. The van der Waals surface area contributed by atoms with E-state index in [9.17, 15) is 9.59 Å². The molecule has 0 aliphatic carbocycles. The molecular weight excluding hydrogens is 392 g/mol. The fourth-order valence-electron chi connectivity index (χ4n) is 4.03. The molecule has 0 radical (unpaired) electrons. The van der Waals surface area contributed by atoms with Crippen molar-refractivity contribution in [3.8, 4) is 11.5 Å². The summed E-state index contributed by atoms with van der Waals surface area (Å²) in [5.41, 5.74) is 4.67. The summed E-state index contributed by atoms with van der Waals surface area (Å²) in [6, 6.07) is 11.7. The Hall–Kier alpha value is -3.02. The smallest absolute Gasteiger partial charge is 0.308 e. The van der Waals surface area contributed by atoms with Crippen molar-refractivity contribution < 1.29 is 19.1 Å². The van der Waals surface area contributed by atoms with Gasteiger partial charge in [-0.2, -0.15) is 0 Å². The maximum absolute atomic E-state index is 11.6. The van der Waals surface area contributed by atoms with Crippen LogP contribution >= 0.6 is 0 Å². The van der Waals surface area contributed by atoms with Gasteiger partial charge in [-0.05, 0) is 86.1 Å². The van der Waals surface area contributed by atoms with Gasteiger partial charge < -0.3 is 19.7 Å². The molecule has 1 N–H and O–H groups in total. The zero-order valence-electron chi connectivity index (χ0n) is 18.7. The topological polar surface area (TPSA) is 67.9 Å². The quantitative estimate of drug-likeness (QED) is 0.557. The second-order valence-corrected chi connectivity index (χ2v) is 7.92. The van der Waals surface area contributed by atoms with E-state index < -0.39 is 0 Å². The number of aryl methyl sites for hydroxylation is 2. The zero-order valence-corrected chi connectivity index (χ0v) is 18.7. The van der Waals surface area contributed by atoms with E-state index in [0.29, 0.717) is 5.75 Å². The van der Waals surface area contributed by atoms with Gasteiger partial charge in [0.1, 0.15) is 11.5 Å². The second kappa shape index (κ2) is 10.8. The van der Waals surface area contributed by atoms with Gasteiger partial charge >= 0.3 is 5.97 Å². The fraction of sp³-hybridized carbons (Fsp3) is 0.440. The van der Waals surface area contributed by atoms with Crippen molar-refractivity contribution in [1.29, 1.82) is 0 Å². The first kappa shape index (κ1) is 22.7.